The predicted octanol–water partition coefficient (Wildman–Crippen LogP) is 1.01. The van der Waals surface area contributed by atoms with Gasteiger partial charge in [0, 0.05) is 24.4 Å². The molecule has 0 amide bonds. The lowest BCUT2D eigenvalue weighted by Crippen LogP contribution is -3.00. The first-order chi connectivity index (χ1) is 13.8. The molecule has 1 aromatic heterocycles. The van der Waals surface area contributed by atoms with Gasteiger partial charge in [0.2, 0.25) is 0 Å². The Labute approximate surface area is 192 Å². The van der Waals surface area contributed by atoms with Crippen LogP contribution in [-0.4, -0.2) is 61.2 Å². The van der Waals surface area contributed by atoms with E-state index in [4.69, 9.17) is 9.47 Å². The van der Waals surface area contributed by atoms with E-state index >= 15 is 0 Å². The van der Waals surface area contributed by atoms with Crippen LogP contribution in [0.1, 0.15) is 6.42 Å². The maximum absolute atomic E-state index is 11.7. The summed E-state index contributed by atoms with van der Waals surface area (Å²) >= 11 is 0. The lowest BCUT2D eigenvalue weighted by molar-refractivity contribution is -1.07. The van der Waals surface area contributed by atoms with Crippen LogP contribution < -0.4 is 27.2 Å². The number of aromatic nitrogens is 1. The number of nitro groups is 1. The molecule has 3 rings (SSSR count). The minimum Gasteiger partial charge on any atom is -1.00 e. The largest absolute Gasteiger partial charge is 1.00 e. The van der Waals surface area contributed by atoms with Crippen LogP contribution in [0.15, 0.2) is 30.3 Å². The van der Waals surface area contributed by atoms with E-state index in [2.05, 4.69) is 10.3 Å². The van der Waals surface area contributed by atoms with E-state index in [9.17, 15) is 15.3 Å². The number of hydrogen-bond acceptors (Lipinski definition) is 7. The number of hydroxylamine groups is 3. The molecule has 0 fully saturated rings. The van der Waals surface area contributed by atoms with Crippen LogP contribution in [0.4, 0.5) is 11.4 Å². The van der Waals surface area contributed by atoms with E-state index in [1.807, 2.05) is 12.1 Å². The summed E-state index contributed by atoms with van der Waals surface area (Å²) in [5.41, 5.74) is 1.51. The lowest BCUT2D eigenvalue weighted by atomic mass is 10.0. The van der Waals surface area contributed by atoms with Crippen LogP contribution in [0, 0.1) is 10.1 Å². The third-order valence-electron chi connectivity index (χ3n) is 4.68. The summed E-state index contributed by atoms with van der Waals surface area (Å²) in [6.45, 7) is 1.05. The van der Waals surface area contributed by atoms with Crippen LogP contribution in [0.2, 0.25) is 0 Å². The molecule has 0 spiro atoms. The van der Waals surface area contributed by atoms with Crippen LogP contribution in [-0.2, 0) is 0 Å². The van der Waals surface area contributed by atoms with Crippen molar-refractivity contribution in [2.75, 3.05) is 46.7 Å². The highest BCUT2D eigenvalue weighted by Crippen LogP contribution is 2.42. The molecule has 31 heavy (non-hydrogen) atoms. The van der Waals surface area contributed by atoms with Gasteiger partial charge in [0.05, 0.1) is 38.9 Å². The van der Waals surface area contributed by atoms with Gasteiger partial charge in [-0.15, -0.1) is 12.4 Å². The standard InChI is InChI=1S/C20H25N4O5.2ClH/c1-24(2,27)12-6-11-21-19-13-7-5-8-15(28-3)18(13)22-20-16(29-4)10-9-14(17(19)20)23(25)26;;/h5,7-10,27H,6,11-12H2,1-4H3,(H,21,22);2*1H/q+1;;/p-1. The molecule has 0 aliphatic heterocycles. The van der Waals surface area contributed by atoms with Crippen molar-refractivity contribution in [1.29, 1.82) is 0 Å². The molecule has 11 heteroatoms. The number of para-hydroxylation sites is 1. The van der Waals surface area contributed by atoms with Crippen molar-refractivity contribution in [2.45, 2.75) is 6.42 Å². The Morgan fingerprint density at radius 3 is 2.35 bits per heavy atom. The number of nitro benzene ring substituents is 1. The summed E-state index contributed by atoms with van der Waals surface area (Å²) in [6, 6.07) is 8.43. The number of ether oxygens (including phenoxy) is 2. The number of nitrogens with zero attached hydrogens (tertiary/aromatic N) is 3. The second kappa shape index (κ2) is 10.6. The Balaban J connectivity index is 0.00000240. The number of hydrogen-bond donors (Lipinski definition) is 2. The second-order valence-electron chi connectivity index (χ2n) is 7.24. The molecule has 0 aliphatic rings. The second-order valence-corrected chi connectivity index (χ2v) is 7.24. The van der Waals surface area contributed by atoms with Gasteiger partial charge in [0.1, 0.15) is 34.5 Å². The van der Waals surface area contributed by atoms with Gasteiger partial charge < -0.3 is 27.2 Å². The molecule has 2 N–H and O–H groups in total. The fourth-order valence-corrected chi connectivity index (χ4v) is 3.35. The SMILES string of the molecule is COc1cccc2c(NCCC[N+](C)(C)O)c3c([N+](=O)[O-])ccc(OC)c3nc12.Cl.[Cl-]. The molecule has 2 aromatic carbocycles. The number of halogens is 2. The minimum absolute atomic E-state index is 0. The van der Waals surface area contributed by atoms with Crippen molar-refractivity contribution in [3.8, 4) is 11.5 Å². The number of benzene rings is 2. The van der Waals surface area contributed by atoms with E-state index in [1.165, 1.54) is 13.2 Å². The lowest BCUT2D eigenvalue weighted by Gasteiger charge is -2.20. The number of pyridine rings is 1. The normalized spacial score (nSPS) is 10.9. The van der Waals surface area contributed by atoms with Crippen molar-refractivity contribution in [3.05, 3.63) is 40.4 Å². The van der Waals surface area contributed by atoms with Gasteiger partial charge in [0.25, 0.3) is 5.69 Å². The number of quaternary nitrogens is 1. The number of methoxy groups -OCH3 is 2. The Morgan fingerprint density at radius 1 is 1.13 bits per heavy atom. The van der Waals surface area contributed by atoms with Crippen molar-refractivity contribution in [1.82, 2.24) is 4.98 Å². The van der Waals surface area contributed by atoms with Crippen LogP contribution >= 0.6 is 12.4 Å². The highest BCUT2D eigenvalue weighted by Gasteiger charge is 2.23. The monoisotopic (exact) mass is 472 g/mol. The summed E-state index contributed by atoms with van der Waals surface area (Å²) in [7, 11) is 6.44. The molecular weight excluding hydrogens is 447 g/mol. The van der Waals surface area contributed by atoms with E-state index in [1.54, 1.807) is 33.3 Å². The molecule has 170 valence electrons. The number of non-ortho nitro benzene ring substituents is 1. The first-order valence-electron chi connectivity index (χ1n) is 9.18. The summed E-state index contributed by atoms with van der Waals surface area (Å²) in [4.78, 5) is 16.0. The van der Waals surface area contributed by atoms with Crippen LogP contribution in [0.5, 0.6) is 11.5 Å². The van der Waals surface area contributed by atoms with E-state index in [-0.39, 0.29) is 35.1 Å². The zero-order valence-corrected chi connectivity index (χ0v) is 19.3. The third kappa shape index (κ3) is 5.56. The summed E-state index contributed by atoms with van der Waals surface area (Å²) in [5.74, 6) is 1.00. The molecule has 0 aliphatic carbocycles. The fourth-order valence-electron chi connectivity index (χ4n) is 3.35. The molecule has 1 heterocycles. The molecule has 0 bridgehead atoms. The first kappa shape index (κ1) is 26.4. The van der Waals surface area contributed by atoms with Crippen molar-refractivity contribution in [2.24, 2.45) is 0 Å². The maximum atomic E-state index is 11.7. The molecule has 0 unspecified atom stereocenters. The highest BCUT2D eigenvalue weighted by atomic mass is 35.5. The third-order valence-corrected chi connectivity index (χ3v) is 4.68. The van der Waals surface area contributed by atoms with Gasteiger partial charge in [-0.2, -0.15) is 4.65 Å². The molecular formula is C20H26Cl2N4O5. The zero-order valence-electron chi connectivity index (χ0n) is 17.7. The van der Waals surface area contributed by atoms with E-state index in [0.717, 1.165) is 0 Å². The van der Waals surface area contributed by atoms with Crippen molar-refractivity contribution < 1.29 is 36.7 Å². The molecule has 3 aromatic rings. The molecule has 0 atom stereocenters. The number of nitrogens with one attached hydrogen (secondary N) is 1. The van der Waals surface area contributed by atoms with Crippen molar-refractivity contribution in [3.63, 3.8) is 0 Å². The quantitative estimate of drug-likeness (QED) is 0.165. The topological polar surface area (TPSA) is 107 Å². The average Bonchev–Trinajstić information content (AvgIpc) is 2.68. The molecule has 0 radical (unpaired) electrons. The van der Waals surface area contributed by atoms with Gasteiger partial charge in [-0.3, -0.25) is 10.1 Å². The number of anilines is 1. The molecule has 9 nitrogen and oxygen atoms in total. The molecule has 0 saturated carbocycles. The van der Waals surface area contributed by atoms with E-state index in [0.29, 0.717) is 58.5 Å². The minimum atomic E-state index is -0.422. The number of rotatable bonds is 8. The van der Waals surface area contributed by atoms with E-state index < -0.39 is 4.92 Å². The Hall–Kier alpha value is -2.59. The van der Waals surface area contributed by atoms with Gasteiger partial charge in [0.15, 0.2) is 0 Å². The smallest absolute Gasteiger partial charge is 0.281 e. The zero-order chi connectivity index (χ0) is 21.2. The first-order valence-corrected chi connectivity index (χ1v) is 9.18. The van der Waals surface area contributed by atoms with Gasteiger partial charge in [-0.05, 0) is 12.1 Å². The molecule has 0 saturated heterocycles. The summed E-state index contributed by atoms with van der Waals surface area (Å²) in [5, 5.41) is 26.0. The van der Waals surface area contributed by atoms with Crippen molar-refractivity contribution >= 4 is 45.6 Å². The highest BCUT2D eigenvalue weighted by molar-refractivity contribution is 6.13. The predicted molar refractivity (Wildman–Crippen MR) is 118 cm³/mol. The van der Waals surface area contributed by atoms with Gasteiger partial charge in [-0.25, -0.2) is 10.2 Å². The maximum Gasteiger partial charge on any atom is 0.281 e. The summed E-state index contributed by atoms with van der Waals surface area (Å²) in [6.07, 6.45) is 0.663. The summed E-state index contributed by atoms with van der Waals surface area (Å²) < 4.78 is 10.7. The van der Waals surface area contributed by atoms with Gasteiger partial charge in [-0.1, -0.05) is 12.1 Å². The number of fused-ring (bicyclic) bond motifs is 2. The van der Waals surface area contributed by atoms with Gasteiger partial charge >= 0.3 is 0 Å². The Morgan fingerprint density at radius 2 is 1.77 bits per heavy atom. The van der Waals surface area contributed by atoms with Crippen LogP contribution in [0.3, 0.4) is 0 Å². The Kier molecular flexibility index (Phi) is 9.07. The van der Waals surface area contributed by atoms with Crippen LogP contribution in [0.25, 0.3) is 21.8 Å². The average molecular weight is 473 g/mol. The Bertz CT molecular complexity index is 1070. The fraction of sp³-hybridized carbons (Fsp3) is 0.350.